The molecule has 0 bridgehead atoms. The molecule has 0 saturated heterocycles. The van der Waals surface area contributed by atoms with Gasteiger partial charge in [0.15, 0.2) is 11.5 Å². The van der Waals surface area contributed by atoms with E-state index in [1.807, 2.05) is 41.3 Å². The van der Waals surface area contributed by atoms with E-state index in [1.165, 1.54) is 0 Å². The number of rotatable bonds is 5. The van der Waals surface area contributed by atoms with Crippen LogP contribution >= 0.6 is 0 Å². The highest BCUT2D eigenvalue weighted by Gasteiger charge is 2.29. The number of ether oxygens (including phenoxy) is 2. The summed E-state index contributed by atoms with van der Waals surface area (Å²) in [6.07, 6.45) is 2.55. The van der Waals surface area contributed by atoms with E-state index in [0.29, 0.717) is 23.6 Å². The van der Waals surface area contributed by atoms with Crippen molar-refractivity contribution in [2.45, 2.75) is 12.5 Å². The van der Waals surface area contributed by atoms with Gasteiger partial charge in [-0.05, 0) is 48.4 Å². The largest absolute Gasteiger partial charge is 0.493 e. The molecule has 6 nitrogen and oxygen atoms in total. The van der Waals surface area contributed by atoms with E-state index < -0.39 is 0 Å². The number of pyridine rings is 1. The van der Waals surface area contributed by atoms with Gasteiger partial charge >= 0.3 is 0 Å². The number of methoxy groups -OCH3 is 2. The highest BCUT2D eigenvalue weighted by atomic mass is 16.5. The van der Waals surface area contributed by atoms with Crippen molar-refractivity contribution in [3.63, 3.8) is 0 Å². The summed E-state index contributed by atoms with van der Waals surface area (Å²) >= 11 is 0. The Balaban J connectivity index is 1.63. The Morgan fingerprint density at radius 3 is 2.59 bits per heavy atom. The Labute approximate surface area is 170 Å². The van der Waals surface area contributed by atoms with Gasteiger partial charge in [-0.2, -0.15) is 0 Å². The fraction of sp³-hybridized carbons (Fsp3) is 0.217. The van der Waals surface area contributed by atoms with Crippen LogP contribution in [-0.2, 0) is 0 Å². The predicted octanol–water partition coefficient (Wildman–Crippen LogP) is 4.30. The molecule has 1 amide bonds. The predicted molar refractivity (Wildman–Crippen MR) is 113 cm³/mol. The Morgan fingerprint density at radius 1 is 1.03 bits per heavy atom. The molecule has 1 aliphatic heterocycles. The number of carbonyl (C=O) groups is 1. The molecule has 1 atom stereocenters. The zero-order chi connectivity index (χ0) is 20.2. The molecule has 0 radical (unpaired) electrons. The second-order valence-corrected chi connectivity index (χ2v) is 6.79. The molecule has 0 aliphatic carbocycles. The number of nitrogens with zero attached hydrogens (tertiary/aromatic N) is 2. The number of nitrogens with one attached hydrogen (secondary N) is 1. The average molecular weight is 389 g/mol. The van der Waals surface area contributed by atoms with Crippen molar-refractivity contribution >= 4 is 17.4 Å². The molecule has 2 aromatic carbocycles. The zero-order valence-electron chi connectivity index (χ0n) is 16.5. The van der Waals surface area contributed by atoms with Crippen molar-refractivity contribution < 1.29 is 14.3 Å². The lowest BCUT2D eigenvalue weighted by molar-refractivity contribution is 0.0984. The van der Waals surface area contributed by atoms with E-state index in [0.717, 1.165) is 23.5 Å². The fourth-order valence-corrected chi connectivity index (χ4v) is 3.67. The molecule has 0 saturated carbocycles. The zero-order valence-corrected chi connectivity index (χ0v) is 16.5. The fourth-order valence-electron chi connectivity index (χ4n) is 3.67. The van der Waals surface area contributed by atoms with E-state index in [-0.39, 0.29) is 11.9 Å². The van der Waals surface area contributed by atoms with Crippen LogP contribution in [0.1, 0.15) is 28.4 Å². The maximum Gasteiger partial charge on any atom is 0.258 e. The van der Waals surface area contributed by atoms with Crippen LogP contribution in [-0.4, -0.2) is 31.7 Å². The van der Waals surface area contributed by atoms with Crippen LogP contribution < -0.4 is 19.7 Å². The Morgan fingerprint density at radius 2 is 1.83 bits per heavy atom. The van der Waals surface area contributed by atoms with Crippen LogP contribution in [0, 0.1) is 0 Å². The van der Waals surface area contributed by atoms with Gasteiger partial charge in [0.05, 0.1) is 20.3 Å². The summed E-state index contributed by atoms with van der Waals surface area (Å²) in [5, 5.41) is 3.48. The second-order valence-electron chi connectivity index (χ2n) is 6.79. The average Bonchev–Trinajstić information content (AvgIpc) is 2.79. The maximum absolute atomic E-state index is 13.3. The van der Waals surface area contributed by atoms with Gasteiger partial charge in [0.25, 0.3) is 5.91 Å². The normalized spacial score (nSPS) is 15.4. The number of amides is 1. The van der Waals surface area contributed by atoms with Gasteiger partial charge in [0.2, 0.25) is 0 Å². The quantitative estimate of drug-likeness (QED) is 0.705. The van der Waals surface area contributed by atoms with Crippen molar-refractivity contribution in [3.8, 4) is 11.5 Å². The maximum atomic E-state index is 13.3. The number of carbonyl (C=O) groups excluding carboxylic acids is 1. The number of anilines is 2. The van der Waals surface area contributed by atoms with Gasteiger partial charge in [-0.15, -0.1) is 0 Å². The van der Waals surface area contributed by atoms with Gasteiger partial charge in [0, 0.05) is 24.0 Å². The van der Waals surface area contributed by atoms with Gasteiger partial charge in [0.1, 0.15) is 5.82 Å². The lowest BCUT2D eigenvalue weighted by Crippen LogP contribution is -2.38. The minimum absolute atomic E-state index is 0.0605. The Bertz CT molecular complexity index is 1010. The van der Waals surface area contributed by atoms with Gasteiger partial charge in [-0.3, -0.25) is 4.79 Å². The third-order valence-electron chi connectivity index (χ3n) is 5.11. The van der Waals surface area contributed by atoms with Crippen LogP contribution in [0.5, 0.6) is 11.5 Å². The summed E-state index contributed by atoms with van der Waals surface area (Å²) in [7, 11) is 3.14. The third-order valence-corrected chi connectivity index (χ3v) is 5.11. The molecule has 148 valence electrons. The monoisotopic (exact) mass is 389 g/mol. The van der Waals surface area contributed by atoms with Gasteiger partial charge in [-0.25, -0.2) is 4.98 Å². The van der Waals surface area contributed by atoms with Crippen molar-refractivity contribution in [1.82, 2.24) is 4.98 Å². The molecule has 0 spiro atoms. The molecule has 0 fully saturated rings. The molecular weight excluding hydrogens is 366 g/mol. The lowest BCUT2D eigenvalue weighted by atomic mass is 9.95. The van der Waals surface area contributed by atoms with Crippen LogP contribution in [0.2, 0.25) is 0 Å². The van der Waals surface area contributed by atoms with Crippen molar-refractivity contribution in [2.24, 2.45) is 0 Å². The topological polar surface area (TPSA) is 63.7 Å². The van der Waals surface area contributed by atoms with Crippen molar-refractivity contribution in [1.29, 1.82) is 0 Å². The van der Waals surface area contributed by atoms with E-state index in [9.17, 15) is 4.79 Å². The first-order valence-corrected chi connectivity index (χ1v) is 9.51. The molecular formula is C23H23N3O3. The minimum atomic E-state index is -0.0605. The smallest absolute Gasteiger partial charge is 0.258 e. The van der Waals surface area contributed by atoms with E-state index >= 15 is 0 Å². The van der Waals surface area contributed by atoms with Crippen molar-refractivity contribution in [3.05, 3.63) is 78.0 Å². The first-order chi connectivity index (χ1) is 14.2. The summed E-state index contributed by atoms with van der Waals surface area (Å²) < 4.78 is 10.6. The summed E-state index contributed by atoms with van der Waals surface area (Å²) in [5.74, 6) is 1.91. The number of hydrogen-bond acceptors (Lipinski definition) is 5. The standard InChI is InChI=1S/C23H23N3O3/c1-28-20-11-10-16(15-21(20)29-2)23(27)26-14-12-18(17-7-3-4-8-19(17)26)25-22-9-5-6-13-24-22/h3-11,13,15,18H,12,14H2,1-2H3,(H,24,25). The van der Waals surface area contributed by atoms with E-state index in [1.54, 1.807) is 38.6 Å². The molecule has 2 heterocycles. The molecule has 4 rings (SSSR count). The third kappa shape index (κ3) is 3.74. The molecule has 6 heteroatoms. The van der Waals surface area contributed by atoms with Gasteiger partial charge < -0.3 is 19.7 Å². The summed E-state index contributed by atoms with van der Waals surface area (Å²) in [6.45, 7) is 0.606. The van der Waals surface area contributed by atoms with E-state index in [2.05, 4.69) is 16.4 Å². The number of hydrogen-bond donors (Lipinski definition) is 1. The summed E-state index contributed by atoms with van der Waals surface area (Å²) in [4.78, 5) is 19.5. The molecule has 1 aliphatic rings. The first kappa shape index (κ1) is 18.8. The highest BCUT2D eigenvalue weighted by Crippen LogP contribution is 2.37. The number of fused-ring (bicyclic) bond motifs is 1. The minimum Gasteiger partial charge on any atom is -0.493 e. The Kier molecular flexibility index (Phi) is 5.33. The lowest BCUT2D eigenvalue weighted by Gasteiger charge is -2.35. The molecule has 1 unspecified atom stereocenters. The van der Waals surface area contributed by atoms with Crippen LogP contribution in [0.4, 0.5) is 11.5 Å². The van der Waals surface area contributed by atoms with Crippen molar-refractivity contribution in [2.75, 3.05) is 31.0 Å². The van der Waals surface area contributed by atoms with Crippen LogP contribution in [0.15, 0.2) is 66.9 Å². The van der Waals surface area contributed by atoms with E-state index in [4.69, 9.17) is 9.47 Å². The molecule has 1 N–H and O–H groups in total. The first-order valence-electron chi connectivity index (χ1n) is 9.51. The number of para-hydroxylation sites is 1. The number of benzene rings is 2. The number of aromatic nitrogens is 1. The van der Waals surface area contributed by atoms with Crippen LogP contribution in [0.3, 0.4) is 0 Å². The molecule has 1 aromatic heterocycles. The Hall–Kier alpha value is -3.54. The van der Waals surface area contributed by atoms with Crippen LogP contribution in [0.25, 0.3) is 0 Å². The summed E-state index contributed by atoms with van der Waals surface area (Å²) in [6, 6.07) is 19.1. The summed E-state index contributed by atoms with van der Waals surface area (Å²) in [5.41, 5.74) is 2.55. The highest BCUT2D eigenvalue weighted by molar-refractivity contribution is 6.07. The molecule has 29 heavy (non-hydrogen) atoms. The molecule has 3 aromatic rings. The van der Waals surface area contributed by atoms with Gasteiger partial charge in [-0.1, -0.05) is 24.3 Å². The second kappa shape index (κ2) is 8.22. The SMILES string of the molecule is COc1ccc(C(=O)N2CCC(Nc3ccccn3)c3ccccc32)cc1OC.